The second-order valence-electron chi connectivity index (χ2n) is 4.31. The van der Waals surface area contributed by atoms with Gasteiger partial charge in [0.1, 0.15) is 0 Å². The molecule has 3 nitrogen and oxygen atoms in total. The van der Waals surface area contributed by atoms with Crippen molar-refractivity contribution in [3.8, 4) is 0 Å². The highest BCUT2D eigenvalue weighted by Crippen LogP contribution is 2.37. The maximum Gasteiger partial charge on any atom is 0.212 e. The molecule has 1 rings (SSSR count). The summed E-state index contributed by atoms with van der Waals surface area (Å²) in [5, 5.41) is 4.84. The zero-order valence-electron chi connectivity index (χ0n) is 8.65. The predicted molar refractivity (Wildman–Crippen MR) is 58.2 cm³/mol. The highest BCUT2D eigenvalue weighted by atomic mass is 32.2. The van der Waals surface area contributed by atoms with Crippen molar-refractivity contribution in [1.82, 2.24) is 0 Å². The fourth-order valence-corrected chi connectivity index (χ4v) is 3.09. The Bertz CT molecular complexity index is 293. The van der Waals surface area contributed by atoms with Crippen LogP contribution < -0.4 is 5.14 Å². The number of nitrogens with two attached hydrogens (primary N) is 1. The maximum atomic E-state index is 11.4. The fourth-order valence-electron chi connectivity index (χ4n) is 1.79. The van der Waals surface area contributed by atoms with Gasteiger partial charge in [0, 0.05) is 0 Å². The van der Waals surface area contributed by atoms with Crippen LogP contribution in [0.15, 0.2) is 12.7 Å². The van der Waals surface area contributed by atoms with Gasteiger partial charge in [0.15, 0.2) is 0 Å². The molecule has 4 heteroatoms. The largest absolute Gasteiger partial charge is 0.228 e. The van der Waals surface area contributed by atoms with Crippen molar-refractivity contribution in [2.75, 3.05) is 0 Å². The van der Waals surface area contributed by atoms with Crippen LogP contribution in [0.25, 0.3) is 0 Å². The number of primary sulfonamides is 1. The predicted octanol–water partition coefficient (Wildman–Crippen LogP) is 1.66. The number of rotatable bonds is 6. The van der Waals surface area contributed by atoms with Gasteiger partial charge in [-0.1, -0.05) is 25.8 Å². The standard InChI is InChI=1S/C10H19NO2S/c1-3-4-8(2)10(14(11,12)13)7-9-5-6-9/h3,8-10H,1,4-7H2,2H3,(H2,11,12,13). The van der Waals surface area contributed by atoms with Crippen molar-refractivity contribution in [3.05, 3.63) is 12.7 Å². The molecule has 0 aliphatic heterocycles. The number of sulfonamides is 1. The van der Waals surface area contributed by atoms with Gasteiger partial charge in [-0.25, -0.2) is 13.6 Å². The Hall–Kier alpha value is -0.350. The molecule has 2 atom stereocenters. The molecule has 0 aromatic heterocycles. The molecule has 1 fully saturated rings. The molecule has 82 valence electrons. The molecule has 1 aliphatic rings. The first kappa shape index (κ1) is 11.7. The summed E-state index contributed by atoms with van der Waals surface area (Å²) < 4.78 is 22.7. The minimum Gasteiger partial charge on any atom is -0.228 e. The lowest BCUT2D eigenvalue weighted by atomic mass is 9.99. The van der Waals surface area contributed by atoms with E-state index in [4.69, 9.17) is 5.14 Å². The molecular formula is C10H19NO2S. The summed E-state index contributed by atoms with van der Waals surface area (Å²) in [4.78, 5) is 0. The van der Waals surface area contributed by atoms with Crippen molar-refractivity contribution in [1.29, 1.82) is 0 Å². The van der Waals surface area contributed by atoms with Gasteiger partial charge in [0.25, 0.3) is 0 Å². The Morgan fingerprint density at radius 3 is 2.50 bits per heavy atom. The molecule has 0 saturated heterocycles. The zero-order chi connectivity index (χ0) is 10.8. The highest BCUT2D eigenvalue weighted by molar-refractivity contribution is 7.89. The lowest BCUT2D eigenvalue weighted by Gasteiger charge is -2.20. The van der Waals surface area contributed by atoms with Crippen LogP contribution in [0.1, 0.15) is 32.6 Å². The highest BCUT2D eigenvalue weighted by Gasteiger charge is 2.34. The van der Waals surface area contributed by atoms with E-state index in [-0.39, 0.29) is 11.2 Å². The Morgan fingerprint density at radius 2 is 2.14 bits per heavy atom. The third-order valence-corrected chi connectivity index (χ3v) is 4.36. The fraction of sp³-hybridized carbons (Fsp3) is 0.800. The van der Waals surface area contributed by atoms with E-state index in [2.05, 4.69) is 6.58 Å². The molecule has 1 saturated carbocycles. The second-order valence-corrected chi connectivity index (χ2v) is 6.09. The summed E-state index contributed by atoms with van der Waals surface area (Å²) in [6.07, 6.45) is 5.52. The summed E-state index contributed by atoms with van der Waals surface area (Å²) in [5.41, 5.74) is 0. The number of hydrogen-bond donors (Lipinski definition) is 1. The molecule has 2 unspecified atom stereocenters. The first-order valence-corrected chi connectivity index (χ1v) is 6.68. The summed E-state index contributed by atoms with van der Waals surface area (Å²) in [6, 6.07) is 0. The third kappa shape index (κ3) is 3.42. The summed E-state index contributed by atoms with van der Waals surface area (Å²) in [7, 11) is -3.39. The van der Waals surface area contributed by atoms with Crippen LogP contribution in [0.2, 0.25) is 0 Å². The monoisotopic (exact) mass is 217 g/mol. The quantitative estimate of drug-likeness (QED) is 0.688. The Labute approximate surface area is 86.4 Å². The van der Waals surface area contributed by atoms with Gasteiger partial charge in [-0.15, -0.1) is 6.58 Å². The molecule has 0 heterocycles. The third-order valence-electron chi connectivity index (χ3n) is 2.86. The van der Waals surface area contributed by atoms with Crippen LogP contribution in [0.3, 0.4) is 0 Å². The van der Waals surface area contributed by atoms with Gasteiger partial charge >= 0.3 is 0 Å². The van der Waals surface area contributed by atoms with Crippen LogP contribution in [0.5, 0.6) is 0 Å². The van der Waals surface area contributed by atoms with Crippen LogP contribution >= 0.6 is 0 Å². The van der Waals surface area contributed by atoms with Gasteiger partial charge in [-0.2, -0.15) is 0 Å². The normalized spacial score (nSPS) is 21.6. The SMILES string of the molecule is C=CCC(C)C(CC1CC1)S(N)(=O)=O. The summed E-state index contributed by atoms with van der Waals surface area (Å²) in [5.74, 6) is 0.675. The minimum absolute atomic E-state index is 0.0862. The topological polar surface area (TPSA) is 60.2 Å². The first-order chi connectivity index (χ1) is 6.45. The van der Waals surface area contributed by atoms with Gasteiger partial charge in [-0.3, -0.25) is 0 Å². The van der Waals surface area contributed by atoms with E-state index in [0.29, 0.717) is 12.3 Å². The molecule has 1 aliphatic carbocycles. The Morgan fingerprint density at radius 1 is 1.57 bits per heavy atom. The number of allylic oxidation sites excluding steroid dienone is 1. The first-order valence-electron chi connectivity index (χ1n) is 5.07. The van der Waals surface area contributed by atoms with Gasteiger partial charge in [0.2, 0.25) is 10.0 Å². The van der Waals surface area contributed by atoms with E-state index in [1.807, 2.05) is 6.92 Å². The van der Waals surface area contributed by atoms with Crippen molar-refractivity contribution in [2.45, 2.75) is 37.9 Å². The zero-order valence-corrected chi connectivity index (χ0v) is 9.46. The minimum atomic E-state index is -3.39. The average molecular weight is 217 g/mol. The molecule has 14 heavy (non-hydrogen) atoms. The summed E-state index contributed by atoms with van der Waals surface area (Å²) in [6.45, 7) is 5.55. The van der Waals surface area contributed by atoms with E-state index in [1.165, 1.54) is 0 Å². The number of hydrogen-bond acceptors (Lipinski definition) is 2. The van der Waals surface area contributed by atoms with Crippen LogP contribution in [0, 0.1) is 11.8 Å². The average Bonchev–Trinajstić information content (AvgIpc) is 2.81. The lowest BCUT2D eigenvalue weighted by molar-refractivity contribution is 0.473. The van der Waals surface area contributed by atoms with Gasteiger partial charge in [0.05, 0.1) is 5.25 Å². The molecule has 0 aromatic rings. The maximum absolute atomic E-state index is 11.4. The Kier molecular flexibility index (Phi) is 3.72. The van der Waals surface area contributed by atoms with Gasteiger partial charge < -0.3 is 0 Å². The molecular weight excluding hydrogens is 198 g/mol. The van der Waals surface area contributed by atoms with Crippen LogP contribution in [-0.4, -0.2) is 13.7 Å². The van der Waals surface area contributed by atoms with E-state index in [1.54, 1.807) is 6.08 Å². The molecule has 0 spiro atoms. The molecule has 0 bridgehead atoms. The van der Waals surface area contributed by atoms with E-state index in [9.17, 15) is 8.42 Å². The lowest BCUT2D eigenvalue weighted by Crippen LogP contribution is -2.34. The van der Waals surface area contributed by atoms with Crippen molar-refractivity contribution < 1.29 is 8.42 Å². The van der Waals surface area contributed by atoms with Crippen LogP contribution in [-0.2, 0) is 10.0 Å². The molecule has 0 aromatic carbocycles. The van der Waals surface area contributed by atoms with E-state index < -0.39 is 10.0 Å². The van der Waals surface area contributed by atoms with Crippen molar-refractivity contribution in [3.63, 3.8) is 0 Å². The summed E-state index contributed by atoms with van der Waals surface area (Å²) >= 11 is 0. The Balaban J connectivity index is 2.64. The van der Waals surface area contributed by atoms with Crippen molar-refractivity contribution >= 4 is 10.0 Å². The van der Waals surface area contributed by atoms with Crippen molar-refractivity contribution in [2.24, 2.45) is 17.0 Å². The molecule has 0 radical (unpaired) electrons. The van der Waals surface area contributed by atoms with E-state index in [0.717, 1.165) is 19.3 Å². The molecule has 0 amide bonds. The molecule has 2 N–H and O–H groups in total. The van der Waals surface area contributed by atoms with Gasteiger partial charge in [-0.05, 0) is 24.7 Å². The smallest absolute Gasteiger partial charge is 0.212 e. The second kappa shape index (κ2) is 4.45. The van der Waals surface area contributed by atoms with E-state index >= 15 is 0 Å². The van der Waals surface area contributed by atoms with Crippen LogP contribution in [0.4, 0.5) is 0 Å².